The fourth-order valence-corrected chi connectivity index (χ4v) is 2.66. The number of amides is 1. The Kier molecular flexibility index (Phi) is 5.33. The molecule has 0 saturated carbocycles. The van der Waals surface area contributed by atoms with Crippen molar-refractivity contribution < 1.29 is 4.79 Å². The van der Waals surface area contributed by atoms with Gasteiger partial charge in [0.15, 0.2) is 0 Å². The summed E-state index contributed by atoms with van der Waals surface area (Å²) in [4.78, 5) is 18.5. The van der Waals surface area contributed by atoms with E-state index in [2.05, 4.69) is 22.1 Å². The number of hydrogen-bond acceptors (Lipinski definition) is 3. The molecule has 0 radical (unpaired) electrons. The van der Waals surface area contributed by atoms with Crippen molar-refractivity contribution in [3.8, 4) is 0 Å². The van der Waals surface area contributed by atoms with Gasteiger partial charge in [-0.25, -0.2) is 0 Å². The zero-order valence-electron chi connectivity index (χ0n) is 11.6. The Hall–Kier alpha value is -1.42. The Morgan fingerprint density at radius 1 is 1.47 bits per heavy atom. The quantitative estimate of drug-likeness (QED) is 0.881. The van der Waals surface area contributed by atoms with E-state index in [9.17, 15) is 4.79 Å². The molecule has 0 aliphatic carbocycles. The lowest BCUT2D eigenvalue weighted by Gasteiger charge is -2.34. The van der Waals surface area contributed by atoms with Crippen LogP contribution < -0.4 is 5.32 Å². The SMILES string of the molecule is CCC1CCCCN1CC(=O)NCc1ccccn1. The molecule has 1 fully saturated rings. The van der Waals surface area contributed by atoms with E-state index in [1.54, 1.807) is 6.20 Å². The average molecular weight is 261 g/mol. The van der Waals surface area contributed by atoms with E-state index < -0.39 is 0 Å². The van der Waals surface area contributed by atoms with Crippen LogP contribution in [0, 0.1) is 0 Å². The lowest BCUT2D eigenvalue weighted by molar-refractivity contribution is -0.123. The molecule has 1 unspecified atom stereocenters. The topological polar surface area (TPSA) is 45.2 Å². The van der Waals surface area contributed by atoms with E-state index in [0.717, 1.165) is 18.7 Å². The summed E-state index contributed by atoms with van der Waals surface area (Å²) in [5.41, 5.74) is 0.904. The summed E-state index contributed by atoms with van der Waals surface area (Å²) in [6.07, 6.45) is 6.62. The zero-order chi connectivity index (χ0) is 13.5. The molecule has 1 aliphatic heterocycles. The van der Waals surface area contributed by atoms with Crippen LogP contribution in [0.3, 0.4) is 0 Å². The number of nitrogens with one attached hydrogen (secondary N) is 1. The highest BCUT2D eigenvalue weighted by Crippen LogP contribution is 2.18. The highest BCUT2D eigenvalue weighted by Gasteiger charge is 2.22. The van der Waals surface area contributed by atoms with Gasteiger partial charge in [0.2, 0.25) is 5.91 Å². The van der Waals surface area contributed by atoms with Gasteiger partial charge in [-0.2, -0.15) is 0 Å². The van der Waals surface area contributed by atoms with Crippen LogP contribution in [0.4, 0.5) is 0 Å². The molecular formula is C15H23N3O. The number of carbonyl (C=O) groups excluding carboxylic acids is 1. The van der Waals surface area contributed by atoms with Gasteiger partial charge in [-0.15, -0.1) is 0 Å². The monoisotopic (exact) mass is 261 g/mol. The fraction of sp³-hybridized carbons (Fsp3) is 0.600. The highest BCUT2D eigenvalue weighted by atomic mass is 16.2. The van der Waals surface area contributed by atoms with Gasteiger partial charge in [0.1, 0.15) is 0 Å². The molecule has 1 aromatic rings. The van der Waals surface area contributed by atoms with E-state index >= 15 is 0 Å². The number of piperidine rings is 1. The highest BCUT2D eigenvalue weighted by molar-refractivity contribution is 5.78. The third-order valence-electron chi connectivity index (χ3n) is 3.76. The second-order valence-corrected chi connectivity index (χ2v) is 5.13. The summed E-state index contributed by atoms with van der Waals surface area (Å²) in [6, 6.07) is 6.32. The maximum absolute atomic E-state index is 12.0. The molecule has 1 aromatic heterocycles. The molecule has 2 rings (SSSR count). The number of pyridine rings is 1. The van der Waals surface area contributed by atoms with Crippen molar-refractivity contribution in [1.29, 1.82) is 0 Å². The van der Waals surface area contributed by atoms with Crippen LogP contribution in [0.2, 0.25) is 0 Å². The van der Waals surface area contributed by atoms with Gasteiger partial charge < -0.3 is 5.32 Å². The third kappa shape index (κ3) is 4.31. The van der Waals surface area contributed by atoms with Crippen molar-refractivity contribution in [3.05, 3.63) is 30.1 Å². The molecule has 19 heavy (non-hydrogen) atoms. The van der Waals surface area contributed by atoms with Crippen LogP contribution >= 0.6 is 0 Å². The van der Waals surface area contributed by atoms with Gasteiger partial charge in [-0.1, -0.05) is 19.4 Å². The summed E-state index contributed by atoms with van der Waals surface area (Å²) >= 11 is 0. The molecule has 1 aliphatic rings. The second kappa shape index (κ2) is 7.24. The molecule has 4 nitrogen and oxygen atoms in total. The molecule has 1 amide bonds. The van der Waals surface area contributed by atoms with Crippen LogP contribution in [-0.4, -0.2) is 34.9 Å². The van der Waals surface area contributed by atoms with Crippen molar-refractivity contribution in [1.82, 2.24) is 15.2 Å². The second-order valence-electron chi connectivity index (χ2n) is 5.13. The number of aromatic nitrogens is 1. The van der Waals surface area contributed by atoms with Crippen molar-refractivity contribution in [2.75, 3.05) is 13.1 Å². The molecule has 2 heterocycles. The Morgan fingerprint density at radius 3 is 3.11 bits per heavy atom. The van der Waals surface area contributed by atoms with Gasteiger partial charge in [0.25, 0.3) is 0 Å². The van der Waals surface area contributed by atoms with Crippen LogP contribution in [0.5, 0.6) is 0 Å². The van der Waals surface area contributed by atoms with Gasteiger partial charge in [-0.05, 0) is 37.9 Å². The maximum atomic E-state index is 12.0. The standard InChI is InChI=1S/C15H23N3O/c1-2-14-8-4-6-10-18(14)12-15(19)17-11-13-7-3-5-9-16-13/h3,5,7,9,14H,2,4,6,8,10-12H2,1H3,(H,17,19). The normalized spacial score (nSPS) is 20.2. The summed E-state index contributed by atoms with van der Waals surface area (Å²) in [5, 5.41) is 2.95. The van der Waals surface area contributed by atoms with E-state index in [1.165, 1.54) is 19.3 Å². The first-order valence-electron chi connectivity index (χ1n) is 7.20. The van der Waals surface area contributed by atoms with Gasteiger partial charge in [0, 0.05) is 12.2 Å². The molecule has 0 spiro atoms. The fourth-order valence-electron chi connectivity index (χ4n) is 2.66. The van der Waals surface area contributed by atoms with Gasteiger partial charge in [0.05, 0.1) is 18.8 Å². The van der Waals surface area contributed by atoms with Gasteiger partial charge in [-0.3, -0.25) is 14.7 Å². The molecule has 1 N–H and O–H groups in total. The molecule has 0 bridgehead atoms. The lowest BCUT2D eigenvalue weighted by atomic mass is 10.0. The smallest absolute Gasteiger partial charge is 0.234 e. The first-order chi connectivity index (χ1) is 9.29. The number of nitrogens with zero attached hydrogens (tertiary/aromatic N) is 2. The number of likely N-dealkylation sites (tertiary alicyclic amines) is 1. The van der Waals surface area contributed by atoms with Crippen molar-refractivity contribution in [2.45, 2.75) is 45.2 Å². The Labute approximate surface area is 115 Å². The molecule has 1 saturated heterocycles. The number of hydrogen-bond donors (Lipinski definition) is 1. The molecule has 0 aromatic carbocycles. The first-order valence-corrected chi connectivity index (χ1v) is 7.20. The minimum atomic E-state index is 0.103. The number of rotatable bonds is 5. The minimum absolute atomic E-state index is 0.103. The van der Waals surface area contributed by atoms with Crippen molar-refractivity contribution >= 4 is 5.91 Å². The van der Waals surface area contributed by atoms with Crippen molar-refractivity contribution in [2.24, 2.45) is 0 Å². The summed E-state index contributed by atoms with van der Waals surface area (Å²) in [5.74, 6) is 0.103. The van der Waals surface area contributed by atoms with Crippen LogP contribution in [0.25, 0.3) is 0 Å². The van der Waals surface area contributed by atoms with E-state index in [0.29, 0.717) is 19.1 Å². The Balaban J connectivity index is 1.77. The Morgan fingerprint density at radius 2 is 2.37 bits per heavy atom. The molecule has 104 valence electrons. The molecular weight excluding hydrogens is 238 g/mol. The molecule has 1 atom stereocenters. The van der Waals surface area contributed by atoms with Crippen LogP contribution in [-0.2, 0) is 11.3 Å². The van der Waals surface area contributed by atoms with Gasteiger partial charge >= 0.3 is 0 Å². The Bertz CT molecular complexity index is 394. The predicted octanol–water partition coefficient (Wildman–Crippen LogP) is 1.96. The van der Waals surface area contributed by atoms with Crippen LogP contribution in [0.15, 0.2) is 24.4 Å². The number of carbonyl (C=O) groups is 1. The average Bonchev–Trinajstić information content (AvgIpc) is 2.47. The summed E-state index contributed by atoms with van der Waals surface area (Å²) < 4.78 is 0. The third-order valence-corrected chi connectivity index (χ3v) is 3.76. The maximum Gasteiger partial charge on any atom is 0.234 e. The zero-order valence-corrected chi connectivity index (χ0v) is 11.6. The van der Waals surface area contributed by atoms with Crippen molar-refractivity contribution in [3.63, 3.8) is 0 Å². The van der Waals surface area contributed by atoms with Crippen LogP contribution in [0.1, 0.15) is 38.3 Å². The summed E-state index contributed by atoms with van der Waals surface area (Å²) in [7, 11) is 0. The minimum Gasteiger partial charge on any atom is -0.349 e. The first kappa shape index (κ1) is 14.0. The largest absolute Gasteiger partial charge is 0.349 e. The lowest BCUT2D eigenvalue weighted by Crippen LogP contribution is -2.45. The predicted molar refractivity (Wildman–Crippen MR) is 75.6 cm³/mol. The summed E-state index contributed by atoms with van der Waals surface area (Å²) in [6.45, 7) is 4.29. The van der Waals surface area contributed by atoms with E-state index in [1.807, 2.05) is 18.2 Å². The van der Waals surface area contributed by atoms with E-state index in [-0.39, 0.29) is 5.91 Å². The molecule has 4 heteroatoms. The van der Waals surface area contributed by atoms with E-state index in [4.69, 9.17) is 0 Å².